The van der Waals surface area contributed by atoms with Crippen LogP contribution in [0.4, 0.5) is 0 Å². The molecule has 1 aromatic carbocycles. The largest absolute Gasteiger partial charge is 0.419 e. The van der Waals surface area contributed by atoms with Crippen molar-refractivity contribution in [1.29, 1.82) is 0 Å². The molecule has 0 bridgehead atoms. The van der Waals surface area contributed by atoms with E-state index in [0.717, 1.165) is 12.2 Å². The molecule has 2 nitrogen and oxygen atoms in total. The van der Waals surface area contributed by atoms with Crippen LogP contribution in [-0.4, -0.2) is 23.5 Å². The van der Waals surface area contributed by atoms with Crippen molar-refractivity contribution in [3.8, 4) is 0 Å². The zero-order valence-corrected chi connectivity index (χ0v) is 11.5. The van der Waals surface area contributed by atoms with E-state index in [4.69, 9.17) is 9.16 Å². The topological polar surface area (TPSA) is 18.5 Å². The summed E-state index contributed by atoms with van der Waals surface area (Å²) in [5.74, 6) is 0. The van der Waals surface area contributed by atoms with Crippen molar-refractivity contribution in [3.63, 3.8) is 0 Å². The Hall–Kier alpha value is -0.903. The second-order valence-electron chi connectivity index (χ2n) is 3.98. The summed E-state index contributed by atoms with van der Waals surface area (Å²) in [6.07, 6.45) is 1.87. The van der Waals surface area contributed by atoms with Gasteiger partial charge in [0.2, 0.25) is 0 Å². The van der Waals surface area contributed by atoms with Crippen molar-refractivity contribution in [3.05, 3.63) is 42.0 Å². The highest BCUT2D eigenvalue weighted by molar-refractivity contribution is 6.29. The van der Waals surface area contributed by atoms with Crippen LogP contribution in [0.5, 0.6) is 0 Å². The highest BCUT2D eigenvalue weighted by atomic mass is 28.2. The Balaban J connectivity index is 2.39. The number of ether oxygens (including phenoxy) is 1. The van der Waals surface area contributed by atoms with E-state index in [-0.39, 0.29) is 0 Å². The van der Waals surface area contributed by atoms with E-state index in [1.54, 1.807) is 7.11 Å². The lowest BCUT2D eigenvalue weighted by Gasteiger charge is -2.11. The van der Waals surface area contributed by atoms with Gasteiger partial charge in [0.25, 0.3) is 0 Å². The Morgan fingerprint density at radius 2 is 2.19 bits per heavy atom. The second-order valence-corrected chi connectivity index (χ2v) is 6.11. The molecule has 0 saturated heterocycles. The maximum Gasteiger partial charge on any atom is 0.167 e. The van der Waals surface area contributed by atoms with Gasteiger partial charge in [-0.2, -0.15) is 0 Å². The Morgan fingerprint density at radius 1 is 1.44 bits per heavy atom. The fraction of sp³-hybridized carbons (Fsp3) is 0.385. The first-order chi connectivity index (χ1) is 7.77. The zero-order valence-electron chi connectivity index (χ0n) is 10.1. The van der Waals surface area contributed by atoms with Crippen LogP contribution in [0.15, 0.2) is 30.8 Å². The Bertz CT molecular complexity index is 325. The molecule has 0 N–H and O–H groups in total. The molecule has 0 spiro atoms. The van der Waals surface area contributed by atoms with Crippen LogP contribution in [0.2, 0.25) is 5.54 Å². The lowest BCUT2D eigenvalue weighted by molar-refractivity contribution is 0.191. The molecule has 1 atom stereocenters. The minimum atomic E-state index is -0.502. The molecule has 1 aromatic rings. The molecule has 0 saturated carbocycles. The predicted octanol–water partition coefficient (Wildman–Crippen LogP) is 2.38. The van der Waals surface area contributed by atoms with Crippen LogP contribution < -0.4 is 0 Å². The summed E-state index contributed by atoms with van der Waals surface area (Å²) >= 11 is 0. The van der Waals surface area contributed by atoms with Crippen LogP contribution >= 0.6 is 0 Å². The molecule has 3 heteroatoms. The molecule has 1 rings (SSSR count). The summed E-state index contributed by atoms with van der Waals surface area (Å²) in [6.45, 7) is 7.47. The molecule has 0 aliphatic carbocycles. The van der Waals surface area contributed by atoms with Crippen LogP contribution in [-0.2, 0) is 15.8 Å². The molecule has 0 amide bonds. The van der Waals surface area contributed by atoms with Gasteiger partial charge in [0.1, 0.15) is 0 Å². The normalized spacial score (nSPS) is 13.1. The van der Waals surface area contributed by atoms with Crippen LogP contribution in [0, 0.1) is 0 Å². The van der Waals surface area contributed by atoms with E-state index in [9.17, 15) is 0 Å². The first-order valence-electron chi connectivity index (χ1n) is 5.55. The fourth-order valence-corrected chi connectivity index (χ4v) is 2.64. The van der Waals surface area contributed by atoms with Crippen molar-refractivity contribution in [1.82, 2.24) is 0 Å². The molecular weight excluding hydrogens is 216 g/mol. The highest BCUT2D eigenvalue weighted by Gasteiger charge is 2.04. The summed E-state index contributed by atoms with van der Waals surface area (Å²) < 4.78 is 10.9. The molecule has 0 radical (unpaired) electrons. The first kappa shape index (κ1) is 13.2. The third-order valence-electron chi connectivity index (χ3n) is 2.39. The molecule has 0 aliphatic rings. The van der Waals surface area contributed by atoms with Gasteiger partial charge in [-0.1, -0.05) is 43.8 Å². The minimum Gasteiger partial charge on any atom is -0.419 e. The van der Waals surface area contributed by atoms with Gasteiger partial charge in [-0.05, 0) is 16.7 Å². The average Bonchev–Trinajstić information content (AvgIpc) is 2.30. The molecule has 16 heavy (non-hydrogen) atoms. The number of hydrogen-bond donors (Lipinski definition) is 0. The van der Waals surface area contributed by atoms with Gasteiger partial charge in [0, 0.05) is 13.7 Å². The number of benzene rings is 1. The number of rotatable bonds is 7. The van der Waals surface area contributed by atoms with E-state index in [1.165, 1.54) is 5.56 Å². The quantitative estimate of drug-likeness (QED) is 0.677. The predicted molar refractivity (Wildman–Crippen MR) is 71.2 cm³/mol. The fourth-order valence-electron chi connectivity index (χ4n) is 1.57. The Labute approximate surface area is 100 Å². The van der Waals surface area contributed by atoms with Crippen molar-refractivity contribution in [2.24, 2.45) is 0 Å². The van der Waals surface area contributed by atoms with Crippen LogP contribution in [0.1, 0.15) is 18.1 Å². The van der Waals surface area contributed by atoms with Crippen LogP contribution in [0.25, 0.3) is 6.08 Å². The third kappa shape index (κ3) is 4.31. The molecule has 88 valence electrons. The van der Waals surface area contributed by atoms with Crippen molar-refractivity contribution >= 4 is 15.8 Å². The van der Waals surface area contributed by atoms with Gasteiger partial charge in [-0.15, -0.1) is 0 Å². The Kier molecular flexibility index (Phi) is 6.07. The molecular formula is C13H20O2Si. The lowest BCUT2D eigenvalue weighted by Crippen LogP contribution is -2.10. The lowest BCUT2D eigenvalue weighted by atomic mass is 10.1. The average molecular weight is 236 g/mol. The maximum absolute atomic E-state index is 5.79. The minimum absolute atomic E-state index is 0.502. The van der Waals surface area contributed by atoms with Crippen molar-refractivity contribution in [2.45, 2.75) is 19.1 Å². The van der Waals surface area contributed by atoms with E-state index < -0.39 is 9.76 Å². The summed E-state index contributed by atoms with van der Waals surface area (Å²) in [5.41, 5.74) is 2.95. The molecule has 0 aromatic heterocycles. The number of hydrogen-bond acceptors (Lipinski definition) is 2. The monoisotopic (exact) mass is 236 g/mol. The second kappa shape index (κ2) is 7.38. The van der Waals surface area contributed by atoms with Gasteiger partial charge in [-0.25, -0.2) is 0 Å². The van der Waals surface area contributed by atoms with Gasteiger partial charge < -0.3 is 9.16 Å². The summed E-state index contributed by atoms with van der Waals surface area (Å²) in [6, 6.07) is 8.20. The van der Waals surface area contributed by atoms with E-state index >= 15 is 0 Å². The summed E-state index contributed by atoms with van der Waals surface area (Å²) in [4.78, 5) is 0. The summed E-state index contributed by atoms with van der Waals surface area (Å²) in [7, 11) is 1.23. The van der Waals surface area contributed by atoms with Gasteiger partial charge in [0.15, 0.2) is 9.76 Å². The summed E-state index contributed by atoms with van der Waals surface area (Å²) in [5, 5.41) is 0. The third-order valence-corrected chi connectivity index (χ3v) is 3.63. The smallest absolute Gasteiger partial charge is 0.167 e. The van der Waals surface area contributed by atoms with Crippen molar-refractivity contribution < 1.29 is 9.16 Å². The van der Waals surface area contributed by atoms with E-state index in [1.807, 2.05) is 18.2 Å². The highest BCUT2D eigenvalue weighted by Crippen LogP contribution is 2.12. The maximum atomic E-state index is 5.79. The van der Waals surface area contributed by atoms with Gasteiger partial charge in [0.05, 0.1) is 6.61 Å². The van der Waals surface area contributed by atoms with Gasteiger partial charge >= 0.3 is 0 Å². The molecule has 1 unspecified atom stereocenters. The van der Waals surface area contributed by atoms with Crippen molar-refractivity contribution in [2.75, 3.05) is 13.7 Å². The molecule has 0 aliphatic heterocycles. The zero-order chi connectivity index (χ0) is 11.8. The van der Waals surface area contributed by atoms with E-state index in [2.05, 4.69) is 25.6 Å². The van der Waals surface area contributed by atoms with Crippen LogP contribution in [0.3, 0.4) is 0 Å². The molecule has 0 fully saturated rings. The molecule has 0 heterocycles. The van der Waals surface area contributed by atoms with E-state index in [0.29, 0.717) is 12.1 Å². The first-order valence-corrected chi connectivity index (χ1v) is 6.94. The Morgan fingerprint density at radius 3 is 2.88 bits per heavy atom. The van der Waals surface area contributed by atoms with Gasteiger partial charge in [-0.3, -0.25) is 0 Å². The number of methoxy groups -OCH3 is 1. The SMILES string of the molecule is C=Cc1ccccc1CO[SiH2]C(C)COC. The standard InChI is InChI=1S/C13H20O2Si/c1-4-12-7-5-6-8-13(12)10-15-16-11(2)9-14-3/h4-8,11H,1,9-10,16H2,2-3H3.